The SMILES string of the molecule is Nc1ncnc(NCc2nc3ccc(F)cc3cc2C(=O)NCC2CC2)c1N. The van der Waals surface area contributed by atoms with Crippen molar-refractivity contribution >= 4 is 34.1 Å². The Balaban J connectivity index is 1.65. The highest BCUT2D eigenvalue weighted by Gasteiger charge is 2.23. The molecule has 0 bridgehead atoms. The van der Waals surface area contributed by atoms with Gasteiger partial charge in [-0.1, -0.05) is 0 Å². The molecule has 1 aliphatic carbocycles. The van der Waals surface area contributed by atoms with E-state index in [4.69, 9.17) is 11.5 Å². The molecule has 0 saturated heterocycles. The Morgan fingerprint density at radius 1 is 1.21 bits per heavy atom. The summed E-state index contributed by atoms with van der Waals surface area (Å²) in [6.45, 7) is 0.822. The molecule has 0 atom stereocenters. The third-order valence-electron chi connectivity index (χ3n) is 4.69. The van der Waals surface area contributed by atoms with Crippen molar-refractivity contribution in [3.05, 3.63) is 47.7 Å². The molecule has 0 spiro atoms. The molecule has 9 heteroatoms. The van der Waals surface area contributed by atoms with Gasteiger partial charge in [0, 0.05) is 11.9 Å². The predicted molar refractivity (Wildman–Crippen MR) is 105 cm³/mol. The molecule has 0 aliphatic heterocycles. The van der Waals surface area contributed by atoms with E-state index in [-0.39, 0.29) is 29.8 Å². The van der Waals surface area contributed by atoms with Gasteiger partial charge in [-0.15, -0.1) is 0 Å². The molecule has 1 aromatic carbocycles. The van der Waals surface area contributed by atoms with Gasteiger partial charge in [-0.3, -0.25) is 9.78 Å². The molecule has 28 heavy (non-hydrogen) atoms. The van der Waals surface area contributed by atoms with Gasteiger partial charge in [0.1, 0.15) is 17.8 Å². The van der Waals surface area contributed by atoms with Gasteiger partial charge >= 0.3 is 0 Å². The second kappa shape index (κ2) is 7.26. The summed E-state index contributed by atoms with van der Waals surface area (Å²) < 4.78 is 13.6. The zero-order chi connectivity index (χ0) is 19.7. The number of nitrogen functional groups attached to an aromatic ring is 2. The second-order valence-corrected chi connectivity index (χ2v) is 6.85. The number of hydrogen-bond donors (Lipinski definition) is 4. The molecule has 2 aromatic heterocycles. The molecule has 1 amide bonds. The number of carbonyl (C=O) groups excluding carboxylic acids is 1. The number of pyridine rings is 1. The summed E-state index contributed by atoms with van der Waals surface area (Å²) in [7, 11) is 0. The van der Waals surface area contributed by atoms with Crippen LogP contribution >= 0.6 is 0 Å². The highest BCUT2D eigenvalue weighted by Crippen LogP contribution is 2.28. The largest absolute Gasteiger partial charge is 0.393 e. The van der Waals surface area contributed by atoms with Crippen LogP contribution in [0.15, 0.2) is 30.6 Å². The maximum Gasteiger partial charge on any atom is 0.253 e. The fourth-order valence-electron chi connectivity index (χ4n) is 2.89. The van der Waals surface area contributed by atoms with Crippen molar-refractivity contribution in [2.45, 2.75) is 19.4 Å². The number of carbonyl (C=O) groups is 1. The maximum absolute atomic E-state index is 13.6. The lowest BCUT2D eigenvalue weighted by atomic mass is 10.1. The van der Waals surface area contributed by atoms with E-state index in [1.54, 1.807) is 12.1 Å². The number of benzene rings is 1. The minimum absolute atomic E-state index is 0.168. The summed E-state index contributed by atoms with van der Waals surface area (Å²) in [5.74, 6) is 0.450. The third-order valence-corrected chi connectivity index (χ3v) is 4.69. The van der Waals surface area contributed by atoms with E-state index in [2.05, 4.69) is 25.6 Å². The molecule has 144 valence electrons. The highest BCUT2D eigenvalue weighted by atomic mass is 19.1. The van der Waals surface area contributed by atoms with Crippen molar-refractivity contribution < 1.29 is 9.18 Å². The van der Waals surface area contributed by atoms with Gasteiger partial charge in [-0.05, 0) is 43.0 Å². The van der Waals surface area contributed by atoms with Crippen molar-refractivity contribution in [2.75, 3.05) is 23.3 Å². The molecule has 0 unspecified atom stereocenters. The molecule has 1 fully saturated rings. The number of anilines is 3. The summed E-state index contributed by atoms with van der Waals surface area (Å²) in [5, 5.41) is 6.54. The van der Waals surface area contributed by atoms with Gasteiger partial charge in [-0.2, -0.15) is 0 Å². The number of fused-ring (bicyclic) bond motifs is 1. The van der Waals surface area contributed by atoms with E-state index in [0.29, 0.717) is 40.4 Å². The first-order valence-corrected chi connectivity index (χ1v) is 8.98. The van der Waals surface area contributed by atoms with Crippen molar-refractivity contribution in [3.63, 3.8) is 0 Å². The lowest BCUT2D eigenvalue weighted by molar-refractivity contribution is 0.0950. The first-order chi connectivity index (χ1) is 13.5. The first kappa shape index (κ1) is 17.9. The van der Waals surface area contributed by atoms with Gasteiger partial charge in [0.25, 0.3) is 5.91 Å². The van der Waals surface area contributed by atoms with Crippen molar-refractivity contribution in [2.24, 2.45) is 5.92 Å². The summed E-state index contributed by atoms with van der Waals surface area (Å²) >= 11 is 0. The van der Waals surface area contributed by atoms with Crippen LogP contribution in [0.3, 0.4) is 0 Å². The number of nitrogens with two attached hydrogens (primary N) is 2. The molecule has 6 N–H and O–H groups in total. The summed E-state index contributed by atoms with van der Waals surface area (Å²) in [6, 6.07) is 5.93. The molecule has 1 aliphatic rings. The Labute approximate surface area is 160 Å². The van der Waals surface area contributed by atoms with Crippen LogP contribution in [0.2, 0.25) is 0 Å². The number of rotatable bonds is 6. The smallest absolute Gasteiger partial charge is 0.253 e. The van der Waals surface area contributed by atoms with Crippen LogP contribution in [0, 0.1) is 11.7 Å². The van der Waals surface area contributed by atoms with Crippen molar-refractivity contribution in [1.29, 1.82) is 0 Å². The van der Waals surface area contributed by atoms with Gasteiger partial charge in [0.2, 0.25) is 0 Å². The number of nitrogens with zero attached hydrogens (tertiary/aromatic N) is 3. The minimum Gasteiger partial charge on any atom is -0.393 e. The van der Waals surface area contributed by atoms with Crippen molar-refractivity contribution in [1.82, 2.24) is 20.3 Å². The van der Waals surface area contributed by atoms with Crippen LogP contribution in [0.25, 0.3) is 10.9 Å². The standard InChI is InChI=1S/C19H20FN7O/c20-12-3-4-14-11(5-12)6-13(19(28)24-7-10-1-2-10)15(27-14)8-23-18-16(21)17(22)25-9-26-18/h3-6,9-10H,1-2,7-8,21H2,(H,24,28)(H3,22,23,25,26). The number of nitrogens with one attached hydrogen (secondary N) is 2. The van der Waals surface area contributed by atoms with Gasteiger partial charge in [0.05, 0.1) is 23.3 Å². The van der Waals surface area contributed by atoms with Crippen LogP contribution in [0.5, 0.6) is 0 Å². The summed E-state index contributed by atoms with van der Waals surface area (Å²) in [6.07, 6.45) is 3.56. The molecular weight excluding hydrogens is 361 g/mol. The van der Waals surface area contributed by atoms with Crippen LogP contribution < -0.4 is 22.1 Å². The van der Waals surface area contributed by atoms with Crippen LogP contribution in [0.1, 0.15) is 28.9 Å². The van der Waals surface area contributed by atoms with E-state index in [1.165, 1.54) is 18.5 Å². The van der Waals surface area contributed by atoms with E-state index in [0.717, 1.165) is 12.8 Å². The van der Waals surface area contributed by atoms with E-state index >= 15 is 0 Å². The Kier molecular flexibility index (Phi) is 4.64. The minimum atomic E-state index is -0.381. The highest BCUT2D eigenvalue weighted by molar-refractivity contribution is 5.98. The zero-order valence-electron chi connectivity index (χ0n) is 15.1. The fourth-order valence-corrected chi connectivity index (χ4v) is 2.89. The average Bonchev–Trinajstić information content (AvgIpc) is 3.51. The predicted octanol–water partition coefficient (Wildman–Crippen LogP) is 2.08. The Hall–Kier alpha value is -3.49. The molecule has 2 heterocycles. The molecule has 0 radical (unpaired) electrons. The number of halogens is 1. The Morgan fingerprint density at radius 3 is 2.82 bits per heavy atom. The normalized spacial score (nSPS) is 13.5. The Bertz CT molecular complexity index is 1050. The fraction of sp³-hybridized carbons (Fsp3) is 0.263. The zero-order valence-corrected chi connectivity index (χ0v) is 15.1. The van der Waals surface area contributed by atoms with E-state index in [1.807, 2.05) is 0 Å². The molecule has 1 saturated carbocycles. The van der Waals surface area contributed by atoms with E-state index in [9.17, 15) is 9.18 Å². The third kappa shape index (κ3) is 3.78. The van der Waals surface area contributed by atoms with Gasteiger partial charge in [-0.25, -0.2) is 14.4 Å². The monoisotopic (exact) mass is 381 g/mol. The maximum atomic E-state index is 13.6. The van der Waals surface area contributed by atoms with E-state index < -0.39 is 0 Å². The van der Waals surface area contributed by atoms with Gasteiger partial charge < -0.3 is 22.1 Å². The molecule has 4 rings (SSSR count). The molecular formula is C19H20FN7O. The first-order valence-electron chi connectivity index (χ1n) is 8.98. The lowest BCUT2D eigenvalue weighted by Gasteiger charge is -2.13. The average molecular weight is 381 g/mol. The van der Waals surface area contributed by atoms with Gasteiger partial charge in [0.15, 0.2) is 11.6 Å². The topological polar surface area (TPSA) is 132 Å². The summed E-state index contributed by atoms with van der Waals surface area (Å²) in [5.41, 5.74) is 13.3. The summed E-state index contributed by atoms with van der Waals surface area (Å²) in [4.78, 5) is 25.1. The second-order valence-electron chi connectivity index (χ2n) is 6.85. The molecule has 8 nitrogen and oxygen atoms in total. The Morgan fingerprint density at radius 2 is 2.04 bits per heavy atom. The van der Waals surface area contributed by atoms with Crippen LogP contribution in [-0.4, -0.2) is 27.4 Å². The number of amides is 1. The number of hydrogen-bond acceptors (Lipinski definition) is 7. The van der Waals surface area contributed by atoms with Crippen molar-refractivity contribution in [3.8, 4) is 0 Å². The van der Waals surface area contributed by atoms with Crippen LogP contribution in [-0.2, 0) is 6.54 Å². The lowest BCUT2D eigenvalue weighted by Crippen LogP contribution is -2.27. The quantitative estimate of drug-likeness (QED) is 0.514. The van der Waals surface area contributed by atoms with Crippen LogP contribution in [0.4, 0.5) is 21.7 Å². The molecule has 3 aromatic rings. The number of aromatic nitrogens is 3.